The highest BCUT2D eigenvalue weighted by Crippen LogP contribution is 2.44. The number of methoxy groups -OCH3 is 1. The molecule has 0 radical (unpaired) electrons. The zero-order valence-corrected chi connectivity index (χ0v) is 24.5. The molecule has 3 aliphatic heterocycles. The Morgan fingerprint density at radius 3 is 2.64 bits per heavy atom. The van der Waals surface area contributed by atoms with Crippen LogP contribution in [0.25, 0.3) is 11.0 Å². The van der Waals surface area contributed by atoms with Gasteiger partial charge in [0, 0.05) is 5.56 Å². The first-order valence-electron chi connectivity index (χ1n) is 15.0. The number of nitrogens with zero attached hydrogens (tertiary/aromatic N) is 4. The monoisotopic (exact) mass is 594 g/mol. The molecular weight excluding hydrogens is 560 g/mol. The number of aromatic nitrogens is 2. The maximum Gasteiger partial charge on any atom is 0.337 e. The molecule has 0 amide bonds. The Bertz CT molecular complexity index is 1720. The summed E-state index contributed by atoms with van der Waals surface area (Å²) in [5.41, 5.74) is 4.79. The molecule has 2 fully saturated rings. The molecule has 10 heteroatoms. The van der Waals surface area contributed by atoms with Gasteiger partial charge in [-0.15, -0.1) is 0 Å². The molecule has 0 spiro atoms. The third kappa shape index (κ3) is 5.28. The van der Waals surface area contributed by atoms with Gasteiger partial charge in [0.25, 0.3) is 0 Å². The summed E-state index contributed by atoms with van der Waals surface area (Å²) in [6.45, 7) is 3.45. The Kier molecular flexibility index (Phi) is 7.68. The lowest BCUT2D eigenvalue weighted by atomic mass is 9.88. The van der Waals surface area contributed by atoms with Gasteiger partial charge in [-0.05, 0) is 73.8 Å². The molecule has 1 aromatic heterocycles. The normalized spacial score (nSPS) is 22.2. The predicted molar refractivity (Wildman–Crippen MR) is 161 cm³/mol. The van der Waals surface area contributed by atoms with Crippen molar-refractivity contribution in [1.29, 1.82) is 5.26 Å². The average Bonchev–Trinajstić information content (AvgIpc) is 3.65. The molecule has 0 aliphatic carbocycles. The SMILES string of the molecule is COC(=O)c1ccc2nc(CN3CCC(c4cccc5c4OC[C@@H](c4ccc(C#N)cc4)O5)CC3)n([C@H]3COC[C@H]3O)c2c1. The molecular formula is C34H34N4O6. The molecule has 3 aromatic carbocycles. The van der Waals surface area contributed by atoms with Crippen LogP contribution in [0.5, 0.6) is 11.5 Å². The largest absolute Gasteiger partial charge is 0.485 e. The lowest BCUT2D eigenvalue weighted by molar-refractivity contribution is 0.0601. The van der Waals surface area contributed by atoms with Crippen molar-refractivity contribution in [1.82, 2.24) is 14.5 Å². The van der Waals surface area contributed by atoms with Gasteiger partial charge in [0.15, 0.2) is 17.6 Å². The number of esters is 1. The van der Waals surface area contributed by atoms with E-state index < -0.39 is 12.1 Å². The van der Waals surface area contributed by atoms with Gasteiger partial charge in [-0.25, -0.2) is 9.78 Å². The lowest BCUT2D eigenvalue weighted by Gasteiger charge is -2.35. The number of rotatable bonds is 6. The standard InChI is InChI=1S/C34H34N4O6/c1-41-34(40)24-9-10-26-27(15-24)38(28-18-42-19-29(28)39)32(36-26)17-37-13-11-22(12-14-37)25-3-2-4-30-33(25)43-20-31(44-30)23-7-5-21(16-35)6-8-23/h2-10,15,22,28-29,31,39H,11-14,17-20H2,1H3/t28-,29+,31-/m0/s1. The van der Waals surface area contributed by atoms with Gasteiger partial charge >= 0.3 is 5.97 Å². The summed E-state index contributed by atoms with van der Waals surface area (Å²) in [5.74, 6) is 2.35. The van der Waals surface area contributed by atoms with E-state index in [1.54, 1.807) is 24.3 Å². The fourth-order valence-electron chi connectivity index (χ4n) is 6.63. The van der Waals surface area contributed by atoms with Crippen molar-refractivity contribution in [2.75, 3.05) is 40.0 Å². The number of ether oxygens (including phenoxy) is 4. The van der Waals surface area contributed by atoms with Crippen LogP contribution >= 0.6 is 0 Å². The minimum atomic E-state index is -0.651. The van der Waals surface area contributed by atoms with Crippen LogP contribution in [0.1, 0.15) is 63.8 Å². The Morgan fingerprint density at radius 2 is 1.91 bits per heavy atom. The second-order valence-corrected chi connectivity index (χ2v) is 11.6. The second kappa shape index (κ2) is 11.9. The Balaban J connectivity index is 1.07. The summed E-state index contributed by atoms with van der Waals surface area (Å²) in [7, 11) is 1.37. The van der Waals surface area contributed by atoms with Crippen molar-refractivity contribution in [2.24, 2.45) is 0 Å². The van der Waals surface area contributed by atoms with Crippen LogP contribution in [0.2, 0.25) is 0 Å². The summed E-state index contributed by atoms with van der Waals surface area (Å²) in [5, 5.41) is 19.8. The lowest BCUT2D eigenvalue weighted by Crippen LogP contribution is -2.34. The molecule has 4 heterocycles. The number of aliphatic hydroxyl groups is 1. The Labute approximate surface area is 255 Å². The molecule has 226 valence electrons. The van der Waals surface area contributed by atoms with E-state index in [0.717, 1.165) is 59.9 Å². The molecule has 44 heavy (non-hydrogen) atoms. The fraction of sp³-hybridized carbons (Fsp3) is 0.382. The third-order valence-corrected chi connectivity index (χ3v) is 9.00. The highest BCUT2D eigenvalue weighted by atomic mass is 16.6. The molecule has 7 rings (SSSR count). The summed E-state index contributed by atoms with van der Waals surface area (Å²) < 4.78 is 25.3. The van der Waals surface area contributed by atoms with E-state index in [-0.39, 0.29) is 18.8 Å². The number of fused-ring (bicyclic) bond motifs is 2. The van der Waals surface area contributed by atoms with Crippen molar-refractivity contribution in [3.63, 3.8) is 0 Å². The summed E-state index contributed by atoms with van der Waals surface area (Å²) in [4.78, 5) is 19.6. The number of piperidine rings is 1. The number of para-hydroxylation sites is 1. The van der Waals surface area contributed by atoms with Gasteiger partial charge in [-0.1, -0.05) is 24.3 Å². The number of carbonyl (C=O) groups is 1. The first-order chi connectivity index (χ1) is 21.5. The van der Waals surface area contributed by atoms with Gasteiger partial charge in [0.05, 0.1) is 61.1 Å². The molecule has 0 saturated carbocycles. The molecule has 0 bridgehead atoms. The Morgan fingerprint density at radius 1 is 1.09 bits per heavy atom. The molecule has 0 unspecified atom stereocenters. The summed E-state index contributed by atoms with van der Waals surface area (Å²) in [6, 6.07) is 20.8. The van der Waals surface area contributed by atoms with Crippen LogP contribution in [0, 0.1) is 11.3 Å². The number of likely N-dealkylation sites (tertiary alicyclic amines) is 1. The third-order valence-electron chi connectivity index (χ3n) is 9.00. The minimum absolute atomic E-state index is 0.223. The molecule has 1 N–H and O–H groups in total. The van der Waals surface area contributed by atoms with Gasteiger partial charge in [-0.2, -0.15) is 5.26 Å². The van der Waals surface area contributed by atoms with E-state index in [1.165, 1.54) is 12.7 Å². The van der Waals surface area contributed by atoms with Gasteiger partial charge in [0.1, 0.15) is 18.5 Å². The first kappa shape index (κ1) is 28.3. The van der Waals surface area contributed by atoms with Crippen molar-refractivity contribution in [3.8, 4) is 17.6 Å². The summed E-state index contributed by atoms with van der Waals surface area (Å²) >= 11 is 0. The zero-order valence-electron chi connectivity index (χ0n) is 24.5. The first-order valence-corrected chi connectivity index (χ1v) is 15.0. The van der Waals surface area contributed by atoms with E-state index in [4.69, 9.17) is 29.2 Å². The smallest absolute Gasteiger partial charge is 0.337 e. The van der Waals surface area contributed by atoms with Crippen molar-refractivity contribution in [3.05, 3.63) is 88.7 Å². The quantitative estimate of drug-likeness (QED) is 0.322. The number of aliphatic hydroxyl groups excluding tert-OH is 1. The zero-order chi connectivity index (χ0) is 30.2. The number of hydrogen-bond donors (Lipinski definition) is 1. The molecule has 4 aromatic rings. The van der Waals surface area contributed by atoms with E-state index in [9.17, 15) is 9.90 Å². The van der Waals surface area contributed by atoms with E-state index in [1.807, 2.05) is 30.3 Å². The molecule has 10 nitrogen and oxygen atoms in total. The van der Waals surface area contributed by atoms with E-state index in [2.05, 4.69) is 21.6 Å². The van der Waals surface area contributed by atoms with Crippen molar-refractivity contribution < 1.29 is 28.8 Å². The average molecular weight is 595 g/mol. The van der Waals surface area contributed by atoms with Crippen molar-refractivity contribution in [2.45, 2.75) is 43.6 Å². The number of hydrogen-bond acceptors (Lipinski definition) is 9. The van der Waals surface area contributed by atoms with Crippen LogP contribution in [-0.2, 0) is 16.0 Å². The highest BCUT2D eigenvalue weighted by molar-refractivity contribution is 5.93. The minimum Gasteiger partial charge on any atom is -0.485 e. The molecule has 3 atom stereocenters. The van der Waals surface area contributed by atoms with Crippen LogP contribution in [-0.4, -0.2) is 71.7 Å². The van der Waals surface area contributed by atoms with Crippen molar-refractivity contribution >= 4 is 17.0 Å². The molecule has 2 saturated heterocycles. The fourth-order valence-corrected chi connectivity index (χ4v) is 6.63. The van der Waals surface area contributed by atoms with Gasteiger partial charge in [-0.3, -0.25) is 4.90 Å². The maximum atomic E-state index is 12.3. The molecule has 3 aliphatic rings. The number of imidazole rings is 1. The van der Waals surface area contributed by atoms with E-state index in [0.29, 0.717) is 36.8 Å². The number of carbonyl (C=O) groups excluding carboxylic acids is 1. The summed E-state index contributed by atoms with van der Waals surface area (Å²) in [6.07, 6.45) is 1.04. The Hall–Kier alpha value is -4.43. The van der Waals surface area contributed by atoms with Crippen LogP contribution in [0.4, 0.5) is 0 Å². The van der Waals surface area contributed by atoms with Gasteiger partial charge in [0.2, 0.25) is 0 Å². The van der Waals surface area contributed by atoms with Crippen LogP contribution in [0.15, 0.2) is 60.7 Å². The topological polar surface area (TPSA) is 119 Å². The maximum absolute atomic E-state index is 12.3. The number of nitriles is 1. The highest BCUT2D eigenvalue weighted by Gasteiger charge is 2.33. The second-order valence-electron chi connectivity index (χ2n) is 11.6. The van der Waals surface area contributed by atoms with Gasteiger partial charge < -0.3 is 28.6 Å². The van der Waals surface area contributed by atoms with E-state index >= 15 is 0 Å². The number of benzene rings is 3. The van der Waals surface area contributed by atoms with Crippen LogP contribution in [0.3, 0.4) is 0 Å². The predicted octanol–water partition coefficient (Wildman–Crippen LogP) is 4.52. The van der Waals surface area contributed by atoms with Crippen LogP contribution < -0.4 is 9.47 Å².